The molecule has 12 heavy (non-hydrogen) atoms. The molecule has 1 aliphatic heterocycles. The average Bonchev–Trinajstić information content (AvgIpc) is 2.52. The molecule has 1 heterocycles. The molecule has 0 N–H and O–H groups in total. The monoisotopic (exact) mass is 185 g/mol. The van der Waals surface area contributed by atoms with Crippen LogP contribution in [0.5, 0.6) is 0 Å². The summed E-state index contributed by atoms with van der Waals surface area (Å²) < 4.78 is 0. The fourth-order valence-corrected chi connectivity index (χ4v) is 2.90. The number of halogens is 1. The zero-order chi connectivity index (χ0) is 8.55. The van der Waals surface area contributed by atoms with Crippen LogP contribution in [0.4, 0.5) is 0 Å². The summed E-state index contributed by atoms with van der Waals surface area (Å²) in [5, 5.41) is 0.794. The number of rotatable bonds is 2. The first-order valence-electron chi connectivity index (χ1n) is 4.84. The van der Waals surface area contributed by atoms with Gasteiger partial charge in [0.1, 0.15) is 0 Å². The van der Waals surface area contributed by atoms with E-state index in [-0.39, 0.29) is 0 Å². The van der Waals surface area contributed by atoms with Crippen LogP contribution < -0.4 is 0 Å². The Kier molecular flexibility index (Phi) is 2.42. The van der Waals surface area contributed by atoms with E-state index in [0.717, 1.165) is 23.5 Å². The molecule has 2 unspecified atom stereocenters. The fraction of sp³-hybridized carbons (Fsp3) is 0.800. The van der Waals surface area contributed by atoms with Crippen molar-refractivity contribution >= 4 is 11.6 Å². The maximum Gasteiger partial charge on any atom is 0.0338 e. The van der Waals surface area contributed by atoms with E-state index in [1.807, 2.05) is 0 Å². The number of hydrogen-bond acceptors (Lipinski definition) is 1. The van der Waals surface area contributed by atoms with E-state index < -0.39 is 0 Å². The van der Waals surface area contributed by atoms with Gasteiger partial charge in [-0.25, -0.2) is 0 Å². The van der Waals surface area contributed by atoms with Crippen LogP contribution in [0.1, 0.15) is 25.7 Å². The molecule has 1 nitrogen and oxygen atoms in total. The topological polar surface area (TPSA) is 3.24 Å². The summed E-state index contributed by atoms with van der Waals surface area (Å²) in [5.74, 6) is 0.973. The minimum absolute atomic E-state index is 0.794. The fourth-order valence-electron chi connectivity index (χ4n) is 2.75. The van der Waals surface area contributed by atoms with Crippen molar-refractivity contribution in [2.45, 2.75) is 31.7 Å². The van der Waals surface area contributed by atoms with Gasteiger partial charge in [0.25, 0.3) is 0 Å². The van der Waals surface area contributed by atoms with Gasteiger partial charge in [-0.2, -0.15) is 0 Å². The lowest BCUT2D eigenvalue weighted by Gasteiger charge is -2.22. The van der Waals surface area contributed by atoms with Crippen molar-refractivity contribution in [2.75, 3.05) is 13.1 Å². The SMILES string of the molecule is C=C(Cl)CN1CCC2CCCC21. The number of hydrogen-bond donors (Lipinski definition) is 0. The second-order valence-corrected chi connectivity index (χ2v) is 4.57. The van der Waals surface area contributed by atoms with Gasteiger partial charge in [-0.05, 0) is 31.7 Å². The van der Waals surface area contributed by atoms with Gasteiger partial charge in [-0.15, -0.1) is 0 Å². The van der Waals surface area contributed by atoms with Gasteiger partial charge in [0.15, 0.2) is 0 Å². The minimum Gasteiger partial charge on any atom is -0.295 e. The third-order valence-electron chi connectivity index (χ3n) is 3.25. The molecule has 2 heteroatoms. The molecule has 0 aromatic heterocycles. The minimum atomic E-state index is 0.794. The molecular formula is C10H16ClN. The summed E-state index contributed by atoms with van der Waals surface area (Å²) >= 11 is 5.81. The molecule has 0 radical (unpaired) electrons. The van der Waals surface area contributed by atoms with Gasteiger partial charge in [0.05, 0.1) is 0 Å². The van der Waals surface area contributed by atoms with Crippen LogP contribution in [-0.4, -0.2) is 24.0 Å². The van der Waals surface area contributed by atoms with Crippen molar-refractivity contribution in [1.82, 2.24) is 4.90 Å². The highest BCUT2D eigenvalue weighted by atomic mass is 35.5. The molecule has 2 aliphatic rings. The first kappa shape index (κ1) is 8.58. The summed E-state index contributed by atoms with van der Waals surface area (Å²) in [6.45, 7) is 5.90. The normalized spacial score (nSPS) is 35.4. The van der Waals surface area contributed by atoms with Crippen LogP contribution in [0.2, 0.25) is 0 Å². The van der Waals surface area contributed by atoms with E-state index in [9.17, 15) is 0 Å². The van der Waals surface area contributed by atoms with Gasteiger partial charge in [0, 0.05) is 17.6 Å². The molecule has 0 bridgehead atoms. The van der Waals surface area contributed by atoms with E-state index in [2.05, 4.69) is 11.5 Å². The Morgan fingerprint density at radius 2 is 2.25 bits per heavy atom. The third-order valence-corrected chi connectivity index (χ3v) is 3.37. The first-order valence-corrected chi connectivity index (χ1v) is 5.22. The summed E-state index contributed by atoms with van der Waals surface area (Å²) in [6.07, 6.45) is 5.63. The highest BCUT2D eigenvalue weighted by molar-refractivity contribution is 6.29. The Morgan fingerprint density at radius 3 is 3.00 bits per heavy atom. The van der Waals surface area contributed by atoms with E-state index >= 15 is 0 Å². The highest BCUT2D eigenvalue weighted by Crippen LogP contribution is 2.37. The van der Waals surface area contributed by atoms with Gasteiger partial charge in [-0.1, -0.05) is 24.6 Å². The zero-order valence-corrected chi connectivity index (χ0v) is 8.19. The Hall–Kier alpha value is -0.0100. The zero-order valence-electron chi connectivity index (χ0n) is 7.43. The first-order chi connectivity index (χ1) is 5.77. The predicted molar refractivity (Wildman–Crippen MR) is 52.3 cm³/mol. The van der Waals surface area contributed by atoms with Crippen molar-refractivity contribution in [3.8, 4) is 0 Å². The molecule has 2 atom stereocenters. The van der Waals surface area contributed by atoms with Crippen LogP contribution >= 0.6 is 11.6 Å². The summed E-state index contributed by atoms with van der Waals surface area (Å²) in [7, 11) is 0. The van der Waals surface area contributed by atoms with Crippen LogP contribution in [0.25, 0.3) is 0 Å². The summed E-state index contributed by atoms with van der Waals surface area (Å²) in [4.78, 5) is 2.51. The van der Waals surface area contributed by atoms with Gasteiger partial charge in [0.2, 0.25) is 0 Å². The van der Waals surface area contributed by atoms with Gasteiger partial charge >= 0.3 is 0 Å². The number of nitrogens with zero attached hydrogens (tertiary/aromatic N) is 1. The summed E-state index contributed by atoms with van der Waals surface area (Å²) in [6, 6.07) is 0.834. The molecular weight excluding hydrogens is 170 g/mol. The number of likely N-dealkylation sites (tertiary alicyclic amines) is 1. The Bertz CT molecular complexity index is 190. The van der Waals surface area contributed by atoms with Crippen molar-refractivity contribution < 1.29 is 0 Å². The Labute approximate surface area is 79.4 Å². The van der Waals surface area contributed by atoms with Crippen LogP contribution in [-0.2, 0) is 0 Å². The average molecular weight is 186 g/mol. The van der Waals surface area contributed by atoms with E-state index in [0.29, 0.717) is 0 Å². The molecule has 68 valence electrons. The maximum absolute atomic E-state index is 5.81. The highest BCUT2D eigenvalue weighted by Gasteiger charge is 2.36. The lowest BCUT2D eigenvalue weighted by molar-refractivity contribution is 0.264. The number of fused-ring (bicyclic) bond motifs is 1. The van der Waals surface area contributed by atoms with E-state index in [4.69, 9.17) is 11.6 Å². The Morgan fingerprint density at radius 1 is 1.42 bits per heavy atom. The Balaban J connectivity index is 1.95. The maximum atomic E-state index is 5.81. The van der Waals surface area contributed by atoms with Crippen molar-refractivity contribution in [2.24, 2.45) is 5.92 Å². The van der Waals surface area contributed by atoms with Crippen LogP contribution in [0, 0.1) is 5.92 Å². The lowest BCUT2D eigenvalue weighted by Crippen LogP contribution is -2.30. The third kappa shape index (κ3) is 1.53. The molecule has 1 aliphatic carbocycles. The quantitative estimate of drug-likeness (QED) is 0.640. The largest absolute Gasteiger partial charge is 0.295 e. The molecule has 2 fully saturated rings. The smallest absolute Gasteiger partial charge is 0.0338 e. The molecule has 2 rings (SSSR count). The standard InChI is InChI=1S/C10H16ClN/c1-8(11)7-12-6-5-9-3-2-4-10(9)12/h9-10H,1-7H2. The van der Waals surface area contributed by atoms with Crippen molar-refractivity contribution in [1.29, 1.82) is 0 Å². The molecule has 1 saturated heterocycles. The van der Waals surface area contributed by atoms with Crippen LogP contribution in [0.15, 0.2) is 11.6 Å². The molecule has 0 aromatic carbocycles. The second-order valence-electron chi connectivity index (χ2n) is 4.03. The molecule has 0 spiro atoms. The van der Waals surface area contributed by atoms with E-state index in [1.165, 1.54) is 32.2 Å². The van der Waals surface area contributed by atoms with Crippen molar-refractivity contribution in [3.05, 3.63) is 11.6 Å². The molecule has 0 amide bonds. The second kappa shape index (κ2) is 3.39. The summed E-state index contributed by atoms with van der Waals surface area (Å²) in [5.41, 5.74) is 0. The van der Waals surface area contributed by atoms with Gasteiger partial charge in [-0.3, -0.25) is 4.90 Å². The molecule has 0 aromatic rings. The molecule has 1 saturated carbocycles. The predicted octanol–water partition coefficient (Wildman–Crippen LogP) is 2.61. The van der Waals surface area contributed by atoms with Crippen LogP contribution in [0.3, 0.4) is 0 Å². The van der Waals surface area contributed by atoms with Gasteiger partial charge < -0.3 is 0 Å². The lowest BCUT2D eigenvalue weighted by atomic mass is 10.1. The van der Waals surface area contributed by atoms with Crippen molar-refractivity contribution in [3.63, 3.8) is 0 Å². The van der Waals surface area contributed by atoms with E-state index in [1.54, 1.807) is 0 Å².